The molecular weight excluding hydrogens is 579 g/mol. The number of anilines is 2. The molecule has 4 rings (SSSR count). The van der Waals surface area contributed by atoms with Crippen molar-refractivity contribution in [2.24, 2.45) is 17.6 Å². The van der Waals surface area contributed by atoms with Crippen LogP contribution in [0, 0.1) is 11.8 Å². The fourth-order valence-electron chi connectivity index (χ4n) is 4.33. The highest BCUT2D eigenvalue weighted by Gasteiger charge is 2.51. The number of amides is 2. The first-order valence-corrected chi connectivity index (χ1v) is 14.3. The molecule has 2 aliphatic rings. The number of hydrogen-bond acceptors (Lipinski definition) is 7. The standard InChI is InChI=1S/C24H29ClF3N5O6S/c1-4-32-12-19(20(25)31-32)40(36,37)33-11-15(10-16(21(29)34)13-5-6-13)38-18-8-7-14(9-17(18)33)30-22(35)39-23(2,3)24(26,27)28/h7-9,12-13,15-16H,4-6,10-11H2,1-3H3,(H2,29,34)(H,30,35)/t15-,16-/m1/s1. The van der Waals surface area contributed by atoms with E-state index in [1.54, 1.807) is 6.92 Å². The Kier molecular flexibility index (Phi) is 7.93. The molecule has 3 N–H and O–H groups in total. The zero-order valence-electron chi connectivity index (χ0n) is 21.9. The van der Waals surface area contributed by atoms with E-state index in [2.05, 4.69) is 15.2 Å². The van der Waals surface area contributed by atoms with Gasteiger partial charge in [0.25, 0.3) is 10.0 Å². The average Bonchev–Trinajstić information content (AvgIpc) is 3.61. The summed E-state index contributed by atoms with van der Waals surface area (Å²) in [4.78, 5) is 24.1. The zero-order chi connectivity index (χ0) is 29.6. The second-order valence-corrected chi connectivity index (χ2v) is 12.4. The van der Waals surface area contributed by atoms with E-state index >= 15 is 0 Å². The van der Waals surface area contributed by atoms with Crippen molar-refractivity contribution in [2.75, 3.05) is 16.2 Å². The minimum Gasteiger partial charge on any atom is -0.486 e. The van der Waals surface area contributed by atoms with Gasteiger partial charge in [-0.3, -0.25) is 19.1 Å². The first-order chi connectivity index (χ1) is 18.5. The quantitative estimate of drug-likeness (QED) is 0.432. The third kappa shape index (κ3) is 6.09. The first-order valence-electron chi connectivity index (χ1n) is 12.5. The molecule has 16 heteroatoms. The molecule has 1 aromatic heterocycles. The third-order valence-electron chi connectivity index (χ3n) is 6.82. The summed E-state index contributed by atoms with van der Waals surface area (Å²) in [5.74, 6) is -0.802. The molecule has 220 valence electrons. The molecule has 1 aliphatic carbocycles. The number of alkyl halides is 3. The maximum absolute atomic E-state index is 13.8. The summed E-state index contributed by atoms with van der Waals surface area (Å²) in [7, 11) is -4.35. The lowest BCUT2D eigenvalue weighted by Gasteiger charge is -2.36. The molecule has 2 atom stereocenters. The molecule has 0 radical (unpaired) electrons. The van der Waals surface area contributed by atoms with Gasteiger partial charge in [-0.2, -0.15) is 18.3 Å². The maximum Gasteiger partial charge on any atom is 0.427 e. The van der Waals surface area contributed by atoms with E-state index in [0.29, 0.717) is 20.4 Å². The molecule has 0 bridgehead atoms. The van der Waals surface area contributed by atoms with Crippen molar-refractivity contribution < 1.29 is 40.7 Å². The third-order valence-corrected chi connectivity index (χ3v) is 8.99. The van der Waals surface area contributed by atoms with Crippen LogP contribution in [0.15, 0.2) is 29.3 Å². The van der Waals surface area contributed by atoms with Gasteiger partial charge in [0, 0.05) is 24.3 Å². The van der Waals surface area contributed by atoms with Crippen molar-refractivity contribution in [3.05, 3.63) is 29.5 Å². The Labute approximate surface area is 233 Å². The van der Waals surface area contributed by atoms with Crippen LogP contribution in [-0.2, 0) is 26.1 Å². The van der Waals surface area contributed by atoms with Gasteiger partial charge in [0.1, 0.15) is 16.7 Å². The molecule has 40 heavy (non-hydrogen) atoms. The van der Waals surface area contributed by atoms with Crippen LogP contribution in [0.4, 0.5) is 29.3 Å². The number of carbonyl (C=O) groups excluding carboxylic acids is 2. The van der Waals surface area contributed by atoms with Gasteiger partial charge >= 0.3 is 12.3 Å². The number of nitrogens with zero attached hydrogens (tertiary/aromatic N) is 3. The molecule has 2 aromatic rings. The Hall–Kier alpha value is -3.20. The molecule has 1 aromatic carbocycles. The Morgan fingerprint density at radius 2 is 1.98 bits per heavy atom. The van der Waals surface area contributed by atoms with Crippen molar-refractivity contribution in [1.29, 1.82) is 0 Å². The zero-order valence-corrected chi connectivity index (χ0v) is 23.4. The van der Waals surface area contributed by atoms with E-state index in [1.165, 1.54) is 29.1 Å². The molecule has 0 saturated heterocycles. The molecule has 2 amide bonds. The summed E-state index contributed by atoms with van der Waals surface area (Å²) >= 11 is 6.17. The number of sulfonamides is 1. The van der Waals surface area contributed by atoms with Gasteiger partial charge in [-0.05, 0) is 64.2 Å². The predicted octanol–water partition coefficient (Wildman–Crippen LogP) is 4.30. The molecule has 1 fully saturated rings. The van der Waals surface area contributed by atoms with Crippen LogP contribution in [-0.4, -0.2) is 54.6 Å². The Morgan fingerprint density at radius 1 is 1.30 bits per heavy atom. The van der Waals surface area contributed by atoms with Crippen molar-refractivity contribution in [3.8, 4) is 5.75 Å². The topological polar surface area (TPSA) is 146 Å². The van der Waals surface area contributed by atoms with E-state index < -0.39 is 45.8 Å². The van der Waals surface area contributed by atoms with Crippen molar-refractivity contribution in [2.45, 2.75) is 69.4 Å². The Bertz CT molecular complexity index is 1410. The molecular formula is C24H29ClF3N5O6S. The first kappa shape index (κ1) is 29.8. The minimum absolute atomic E-state index is 0.00788. The van der Waals surface area contributed by atoms with Crippen molar-refractivity contribution >= 4 is 45.0 Å². The highest BCUT2D eigenvalue weighted by molar-refractivity contribution is 7.93. The van der Waals surface area contributed by atoms with Gasteiger partial charge < -0.3 is 15.2 Å². The van der Waals surface area contributed by atoms with Gasteiger partial charge in [-0.15, -0.1) is 0 Å². The number of halogens is 4. The highest BCUT2D eigenvalue weighted by atomic mass is 35.5. The summed E-state index contributed by atoms with van der Waals surface area (Å²) < 4.78 is 80.1. The molecule has 1 saturated carbocycles. The van der Waals surface area contributed by atoms with E-state index in [9.17, 15) is 31.2 Å². The normalized spacial score (nSPS) is 18.5. The number of fused-ring (bicyclic) bond motifs is 1. The van der Waals surface area contributed by atoms with E-state index in [4.69, 9.17) is 22.1 Å². The number of nitrogens with two attached hydrogens (primary N) is 1. The number of primary amides is 1. The average molecular weight is 608 g/mol. The maximum atomic E-state index is 13.8. The molecule has 1 aliphatic heterocycles. The van der Waals surface area contributed by atoms with Crippen LogP contribution in [0.1, 0.15) is 40.0 Å². The summed E-state index contributed by atoms with van der Waals surface area (Å²) in [5, 5.41) is 5.94. The predicted molar refractivity (Wildman–Crippen MR) is 139 cm³/mol. The van der Waals surface area contributed by atoms with E-state index in [-0.39, 0.29) is 46.1 Å². The SMILES string of the molecule is CCn1cc(S(=O)(=O)N2C[C@@H](C[C@@H](C(N)=O)C3CC3)Oc3ccc(NC(=O)OC(C)(C)C(F)(F)F)cc32)c(Cl)n1. The number of nitrogens with one attached hydrogen (secondary N) is 1. The molecule has 0 spiro atoms. The van der Waals surface area contributed by atoms with Crippen LogP contribution in [0.3, 0.4) is 0 Å². The molecule has 11 nitrogen and oxygen atoms in total. The van der Waals surface area contributed by atoms with Crippen LogP contribution >= 0.6 is 11.6 Å². The minimum atomic E-state index is -4.82. The number of aromatic nitrogens is 2. The van der Waals surface area contributed by atoms with Gasteiger partial charge in [-0.25, -0.2) is 13.2 Å². The van der Waals surface area contributed by atoms with Crippen LogP contribution in [0.5, 0.6) is 5.75 Å². The fraction of sp³-hybridized carbons (Fsp3) is 0.542. The molecule has 0 unspecified atom stereocenters. The summed E-state index contributed by atoms with van der Waals surface area (Å²) in [6.45, 7) is 3.27. The lowest BCUT2D eigenvalue weighted by Crippen LogP contribution is -2.45. The lowest BCUT2D eigenvalue weighted by molar-refractivity contribution is -0.242. The number of ether oxygens (including phenoxy) is 2. The fourth-order valence-corrected chi connectivity index (χ4v) is 6.28. The second-order valence-electron chi connectivity index (χ2n) is 10.2. The van der Waals surface area contributed by atoms with Crippen LogP contribution in [0.25, 0.3) is 0 Å². The van der Waals surface area contributed by atoms with Gasteiger partial charge in [-0.1, -0.05) is 11.6 Å². The monoisotopic (exact) mass is 607 g/mol. The van der Waals surface area contributed by atoms with Crippen LogP contribution in [0.2, 0.25) is 5.15 Å². The van der Waals surface area contributed by atoms with Crippen molar-refractivity contribution in [1.82, 2.24) is 9.78 Å². The Morgan fingerprint density at radius 3 is 2.52 bits per heavy atom. The number of hydrogen-bond donors (Lipinski definition) is 2. The van der Waals surface area contributed by atoms with E-state index in [0.717, 1.165) is 17.1 Å². The van der Waals surface area contributed by atoms with E-state index in [1.807, 2.05) is 0 Å². The lowest BCUT2D eigenvalue weighted by atomic mass is 9.95. The smallest absolute Gasteiger partial charge is 0.427 e. The summed E-state index contributed by atoms with van der Waals surface area (Å²) in [5.41, 5.74) is 2.77. The van der Waals surface area contributed by atoms with Gasteiger partial charge in [0.15, 0.2) is 5.15 Å². The van der Waals surface area contributed by atoms with Crippen molar-refractivity contribution in [3.63, 3.8) is 0 Å². The largest absolute Gasteiger partial charge is 0.486 e. The highest BCUT2D eigenvalue weighted by Crippen LogP contribution is 2.44. The summed E-state index contributed by atoms with van der Waals surface area (Å²) in [6.07, 6.45) is -3.85. The number of benzene rings is 1. The number of rotatable bonds is 9. The van der Waals surface area contributed by atoms with Crippen LogP contribution < -0.4 is 20.1 Å². The molecule has 2 heterocycles. The Balaban J connectivity index is 1.68. The van der Waals surface area contributed by atoms with Gasteiger partial charge in [0.2, 0.25) is 11.5 Å². The second kappa shape index (κ2) is 10.7. The van der Waals surface area contributed by atoms with Gasteiger partial charge in [0.05, 0.1) is 12.2 Å². The number of carbonyl (C=O) groups is 2. The number of aryl methyl sites for hydroxylation is 1. The summed E-state index contributed by atoms with van der Waals surface area (Å²) in [6, 6.07) is 3.92.